The molecule has 12 heavy (non-hydrogen) atoms. The molecule has 0 bridgehead atoms. The van der Waals surface area contributed by atoms with E-state index in [4.69, 9.17) is 0 Å². The minimum atomic E-state index is 0.198. The molecule has 1 heterocycles. The number of rotatable bonds is 4. The third-order valence-corrected chi connectivity index (χ3v) is 2.59. The van der Waals surface area contributed by atoms with Crippen molar-refractivity contribution in [2.75, 3.05) is 0 Å². The second kappa shape index (κ2) is 3.96. The van der Waals surface area contributed by atoms with Gasteiger partial charge in [-0.2, -0.15) is 0 Å². The lowest BCUT2D eigenvalue weighted by Gasteiger charge is -2.23. The summed E-state index contributed by atoms with van der Waals surface area (Å²) in [6.07, 6.45) is 1.12. The van der Waals surface area contributed by atoms with E-state index in [0.717, 1.165) is 18.7 Å². The molecule has 0 aliphatic carbocycles. The van der Waals surface area contributed by atoms with Crippen molar-refractivity contribution in [3.63, 3.8) is 0 Å². The summed E-state index contributed by atoms with van der Waals surface area (Å²) in [4.78, 5) is 0. The van der Waals surface area contributed by atoms with Crippen molar-refractivity contribution in [3.05, 3.63) is 11.1 Å². The molecule has 1 aromatic heterocycles. The van der Waals surface area contributed by atoms with Gasteiger partial charge in [0.2, 0.25) is 0 Å². The van der Waals surface area contributed by atoms with Crippen molar-refractivity contribution in [1.82, 2.24) is 14.9 Å². The van der Waals surface area contributed by atoms with Gasteiger partial charge < -0.3 is 5.32 Å². The van der Waals surface area contributed by atoms with E-state index in [2.05, 4.69) is 35.7 Å². The van der Waals surface area contributed by atoms with Gasteiger partial charge >= 0.3 is 0 Å². The number of nitrogens with one attached hydrogen (secondary N) is 1. The summed E-state index contributed by atoms with van der Waals surface area (Å²) in [7, 11) is 0. The largest absolute Gasteiger partial charge is 0.306 e. The molecule has 0 aromatic carbocycles. The zero-order chi connectivity index (χ0) is 9.03. The van der Waals surface area contributed by atoms with Crippen molar-refractivity contribution in [1.29, 1.82) is 0 Å². The third-order valence-electron chi connectivity index (χ3n) is 2.04. The maximum atomic E-state index is 3.96. The highest BCUT2D eigenvalue weighted by Gasteiger charge is 2.13. The molecule has 4 heteroatoms. The van der Waals surface area contributed by atoms with Crippen LogP contribution in [0.15, 0.2) is 5.38 Å². The normalized spacial score (nSPS) is 11.9. The fourth-order valence-electron chi connectivity index (χ4n) is 0.716. The van der Waals surface area contributed by atoms with Crippen LogP contribution in [0.4, 0.5) is 0 Å². The highest BCUT2D eigenvalue weighted by molar-refractivity contribution is 7.03. The number of hydrogen-bond donors (Lipinski definition) is 1. The van der Waals surface area contributed by atoms with Crippen LogP contribution in [0.1, 0.15) is 32.9 Å². The van der Waals surface area contributed by atoms with Crippen LogP contribution >= 0.6 is 11.5 Å². The first kappa shape index (κ1) is 9.61. The lowest BCUT2D eigenvalue weighted by atomic mass is 10.0. The maximum Gasteiger partial charge on any atom is 0.0893 e. The summed E-state index contributed by atoms with van der Waals surface area (Å²) in [5.41, 5.74) is 1.23. The predicted octanol–water partition coefficient (Wildman–Crippen LogP) is 1.82. The standard InChI is InChI=1S/C8H15N3S/c1-4-8(2,3)9-5-7-6-12-11-10-7/h6,9H,4-5H2,1-3H3. The summed E-state index contributed by atoms with van der Waals surface area (Å²) in [5.74, 6) is 0. The van der Waals surface area contributed by atoms with Gasteiger partial charge in [-0.1, -0.05) is 11.4 Å². The van der Waals surface area contributed by atoms with Crippen molar-refractivity contribution >= 4 is 11.5 Å². The average molecular weight is 185 g/mol. The zero-order valence-electron chi connectivity index (χ0n) is 7.79. The Hall–Kier alpha value is -0.480. The second-order valence-corrected chi connectivity index (χ2v) is 4.10. The Kier molecular flexibility index (Phi) is 3.17. The van der Waals surface area contributed by atoms with Crippen LogP contribution in [0.2, 0.25) is 0 Å². The molecule has 68 valence electrons. The Balaban J connectivity index is 2.36. The first-order chi connectivity index (χ1) is 5.64. The molecule has 1 aromatic rings. The van der Waals surface area contributed by atoms with Gasteiger partial charge in [-0.15, -0.1) is 5.10 Å². The van der Waals surface area contributed by atoms with Crippen LogP contribution in [-0.2, 0) is 6.54 Å². The van der Waals surface area contributed by atoms with Gasteiger partial charge in [0.1, 0.15) is 0 Å². The summed E-state index contributed by atoms with van der Waals surface area (Å²) in [6, 6.07) is 0. The highest BCUT2D eigenvalue weighted by atomic mass is 32.1. The topological polar surface area (TPSA) is 37.8 Å². The maximum absolute atomic E-state index is 3.96. The van der Waals surface area contributed by atoms with Crippen molar-refractivity contribution in [2.45, 2.75) is 39.3 Å². The summed E-state index contributed by atoms with van der Waals surface area (Å²) in [5, 5.41) is 9.35. The summed E-state index contributed by atoms with van der Waals surface area (Å²) in [6.45, 7) is 7.36. The molecule has 0 saturated carbocycles. The highest BCUT2D eigenvalue weighted by Crippen LogP contribution is 2.08. The van der Waals surface area contributed by atoms with Gasteiger partial charge in [0.05, 0.1) is 5.69 Å². The van der Waals surface area contributed by atoms with E-state index in [1.165, 1.54) is 11.5 Å². The smallest absolute Gasteiger partial charge is 0.0893 e. The number of hydrogen-bond acceptors (Lipinski definition) is 4. The van der Waals surface area contributed by atoms with Crippen LogP contribution in [-0.4, -0.2) is 15.1 Å². The molecule has 0 spiro atoms. The van der Waals surface area contributed by atoms with Gasteiger partial charge in [-0.25, -0.2) is 0 Å². The first-order valence-electron chi connectivity index (χ1n) is 4.15. The van der Waals surface area contributed by atoms with Gasteiger partial charge in [-0.3, -0.25) is 0 Å². The molecule has 0 atom stereocenters. The third kappa shape index (κ3) is 2.87. The summed E-state index contributed by atoms with van der Waals surface area (Å²) >= 11 is 1.40. The van der Waals surface area contributed by atoms with Gasteiger partial charge in [-0.05, 0) is 31.8 Å². The molecule has 1 rings (SSSR count). The molecule has 0 saturated heterocycles. The van der Waals surface area contributed by atoms with E-state index >= 15 is 0 Å². The molecule has 0 amide bonds. The minimum Gasteiger partial charge on any atom is -0.306 e. The van der Waals surface area contributed by atoms with E-state index in [1.54, 1.807) is 0 Å². The van der Waals surface area contributed by atoms with Crippen LogP contribution in [0.5, 0.6) is 0 Å². The molecule has 1 N–H and O–H groups in total. The quantitative estimate of drug-likeness (QED) is 0.777. The van der Waals surface area contributed by atoms with E-state index in [0.29, 0.717) is 0 Å². The van der Waals surface area contributed by atoms with Crippen LogP contribution in [0, 0.1) is 0 Å². The van der Waals surface area contributed by atoms with Crippen LogP contribution < -0.4 is 5.32 Å². The Morgan fingerprint density at radius 2 is 2.33 bits per heavy atom. The number of nitrogens with zero attached hydrogens (tertiary/aromatic N) is 2. The Bertz CT molecular complexity index is 218. The van der Waals surface area contributed by atoms with Crippen molar-refractivity contribution < 1.29 is 0 Å². The molecule has 0 aliphatic heterocycles. The lowest BCUT2D eigenvalue weighted by molar-refractivity contribution is 0.372. The minimum absolute atomic E-state index is 0.198. The van der Waals surface area contributed by atoms with Crippen LogP contribution in [0.3, 0.4) is 0 Å². The monoisotopic (exact) mass is 185 g/mol. The van der Waals surface area contributed by atoms with E-state index < -0.39 is 0 Å². The van der Waals surface area contributed by atoms with E-state index in [1.807, 2.05) is 5.38 Å². The fraction of sp³-hybridized carbons (Fsp3) is 0.750. The molecular formula is C8H15N3S. The lowest BCUT2D eigenvalue weighted by Crippen LogP contribution is -2.37. The predicted molar refractivity (Wildman–Crippen MR) is 51.1 cm³/mol. The second-order valence-electron chi connectivity index (χ2n) is 3.49. The van der Waals surface area contributed by atoms with Crippen molar-refractivity contribution in [2.24, 2.45) is 0 Å². The zero-order valence-corrected chi connectivity index (χ0v) is 8.61. The fourth-order valence-corrected chi connectivity index (χ4v) is 1.17. The van der Waals surface area contributed by atoms with Crippen LogP contribution in [0.25, 0.3) is 0 Å². The van der Waals surface area contributed by atoms with E-state index in [9.17, 15) is 0 Å². The molecule has 3 nitrogen and oxygen atoms in total. The molecule has 0 aliphatic rings. The summed E-state index contributed by atoms with van der Waals surface area (Å²) < 4.78 is 3.80. The Morgan fingerprint density at radius 1 is 1.58 bits per heavy atom. The SMILES string of the molecule is CCC(C)(C)NCc1csnn1. The van der Waals surface area contributed by atoms with E-state index in [-0.39, 0.29) is 5.54 Å². The van der Waals surface area contributed by atoms with Gasteiger partial charge in [0, 0.05) is 17.5 Å². The average Bonchev–Trinajstić information content (AvgIpc) is 2.53. The van der Waals surface area contributed by atoms with Crippen molar-refractivity contribution in [3.8, 4) is 0 Å². The molecule has 0 radical (unpaired) electrons. The Labute approximate surface area is 77.4 Å². The molecular weight excluding hydrogens is 170 g/mol. The first-order valence-corrected chi connectivity index (χ1v) is 4.98. The van der Waals surface area contributed by atoms with Gasteiger partial charge in [0.15, 0.2) is 0 Å². The molecule has 0 fully saturated rings. The van der Waals surface area contributed by atoms with Gasteiger partial charge in [0.25, 0.3) is 0 Å². The number of aromatic nitrogens is 2. The molecule has 0 unspecified atom stereocenters. The Morgan fingerprint density at radius 3 is 2.83 bits per heavy atom.